The molecule has 1 atom stereocenters. The van der Waals surface area contributed by atoms with Crippen LogP contribution in [0.25, 0.3) is 0 Å². The second-order valence-electron chi connectivity index (χ2n) is 7.54. The minimum Gasteiger partial charge on any atom is -0.376 e. The lowest BCUT2D eigenvalue weighted by atomic mass is 10.1. The lowest BCUT2D eigenvalue weighted by Crippen LogP contribution is -2.37. The average Bonchev–Trinajstić information content (AvgIpc) is 3.50. The van der Waals surface area contributed by atoms with Crippen LogP contribution < -0.4 is 0 Å². The zero-order valence-electron chi connectivity index (χ0n) is 16.3. The van der Waals surface area contributed by atoms with E-state index in [0.29, 0.717) is 31.7 Å². The fraction of sp³-hybridized carbons (Fsp3) is 0.476. The molecule has 0 spiro atoms. The van der Waals surface area contributed by atoms with Crippen molar-refractivity contribution in [2.45, 2.75) is 43.2 Å². The molecule has 2 saturated heterocycles. The van der Waals surface area contributed by atoms with Crippen molar-refractivity contribution in [3.63, 3.8) is 0 Å². The molecule has 2 aliphatic rings. The molecule has 0 saturated carbocycles. The number of rotatable bonds is 7. The summed E-state index contributed by atoms with van der Waals surface area (Å²) in [6.45, 7) is 2.84. The Labute approximate surface area is 176 Å². The van der Waals surface area contributed by atoms with Crippen LogP contribution in [0.1, 0.15) is 40.9 Å². The van der Waals surface area contributed by atoms with Crippen molar-refractivity contribution < 1.29 is 17.9 Å². The lowest BCUT2D eigenvalue weighted by molar-refractivity contribution is 0.0509. The van der Waals surface area contributed by atoms with Gasteiger partial charge in [-0.1, -0.05) is 12.1 Å². The van der Waals surface area contributed by atoms with E-state index in [9.17, 15) is 13.2 Å². The zero-order chi connectivity index (χ0) is 20.3. The van der Waals surface area contributed by atoms with Gasteiger partial charge >= 0.3 is 0 Å². The summed E-state index contributed by atoms with van der Waals surface area (Å²) in [7, 11) is -3.55. The van der Waals surface area contributed by atoms with Crippen molar-refractivity contribution in [1.29, 1.82) is 0 Å². The molecule has 8 heteroatoms. The third-order valence-corrected chi connectivity index (χ3v) is 8.20. The number of carbonyl (C=O) groups excluding carboxylic acids is 1. The van der Waals surface area contributed by atoms with Crippen LogP contribution in [0.2, 0.25) is 0 Å². The molecule has 1 aromatic heterocycles. The predicted molar refractivity (Wildman–Crippen MR) is 112 cm³/mol. The number of ether oxygens (including phenoxy) is 1. The van der Waals surface area contributed by atoms with E-state index in [0.717, 1.165) is 37.2 Å². The Morgan fingerprint density at radius 3 is 2.69 bits per heavy atom. The van der Waals surface area contributed by atoms with Crippen LogP contribution in [-0.2, 0) is 21.3 Å². The molecular formula is C21H26N2O4S2. The van der Waals surface area contributed by atoms with E-state index >= 15 is 0 Å². The van der Waals surface area contributed by atoms with Gasteiger partial charge in [-0.15, -0.1) is 11.3 Å². The van der Waals surface area contributed by atoms with Gasteiger partial charge in [0.15, 0.2) is 0 Å². The second kappa shape index (κ2) is 8.95. The van der Waals surface area contributed by atoms with Gasteiger partial charge in [0.25, 0.3) is 5.91 Å². The average molecular weight is 435 g/mol. The number of sulfonamides is 1. The fourth-order valence-electron chi connectivity index (χ4n) is 3.89. The van der Waals surface area contributed by atoms with Crippen LogP contribution >= 0.6 is 11.3 Å². The van der Waals surface area contributed by atoms with E-state index in [-0.39, 0.29) is 16.9 Å². The Balaban J connectivity index is 1.57. The Hall–Kier alpha value is -1.74. The first-order chi connectivity index (χ1) is 14.0. The third kappa shape index (κ3) is 4.71. The lowest BCUT2D eigenvalue weighted by Gasteiger charge is -2.25. The number of hydrogen-bond donors (Lipinski definition) is 0. The molecule has 2 aromatic rings. The second-order valence-corrected chi connectivity index (χ2v) is 10.5. The summed E-state index contributed by atoms with van der Waals surface area (Å²) >= 11 is 1.61. The van der Waals surface area contributed by atoms with Crippen LogP contribution in [0, 0.1) is 0 Å². The molecule has 1 unspecified atom stereocenters. The quantitative estimate of drug-likeness (QED) is 0.670. The SMILES string of the molecule is O=C(c1cccc(S(=O)(=O)N2CCCC2)c1)N(Cc1cccs1)CC1CCCO1. The molecule has 3 heterocycles. The molecule has 1 aromatic carbocycles. The predicted octanol–water partition coefficient (Wildman–Crippen LogP) is 3.35. The maximum atomic E-state index is 13.3. The normalized spacial score (nSPS) is 20.2. The molecule has 1 amide bonds. The summed E-state index contributed by atoms with van der Waals surface area (Å²) in [6, 6.07) is 10.4. The molecule has 6 nitrogen and oxygen atoms in total. The molecule has 4 rings (SSSR count). The van der Waals surface area contributed by atoms with Gasteiger partial charge in [0.2, 0.25) is 10.0 Å². The molecular weight excluding hydrogens is 408 g/mol. The van der Waals surface area contributed by atoms with Crippen molar-refractivity contribution >= 4 is 27.3 Å². The number of nitrogens with zero attached hydrogens (tertiary/aromatic N) is 2. The van der Waals surface area contributed by atoms with Crippen molar-refractivity contribution in [2.24, 2.45) is 0 Å². The summed E-state index contributed by atoms with van der Waals surface area (Å²) < 4.78 is 33.0. The highest BCUT2D eigenvalue weighted by Gasteiger charge is 2.29. The molecule has 29 heavy (non-hydrogen) atoms. The molecule has 2 fully saturated rings. The van der Waals surface area contributed by atoms with E-state index in [4.69, 9.17) is 4.74 Å². The number of thiophene rings is 1. The smallest absolute Gasteiger partial charge is 0.254 e. The number of carbonyl (C=O) groups is 1. The fourth-order valence-corrected chi connectivity index (χ4v) is 6.18. The topological polar surface area (TPSA) is 66.9 Å². The maximum absolute atomic E-state index is 13.3. The molecule has 0 N–H and O–H groups in total. The highest BCUT2D eigenvalue weighted by atomic mass is 32.2. The van der Waals surface area contributed by atoms with E-state index in [1.165, 1.54) is 10.4 Å². The van der Waals surface area contributed by atoms with Crippen LogP contribution in [0.4, 0.5) is 0 Å². The van der Waals surface area contributed by atoms with E-state index in [1.807, 2.05) is 17.5 Å². The summed E-state index contributed by atoms with van der Waals surface area (Å²) in [4.78, 5) is 16.4. The minimum absolute atomic E-state index is 0.0374. The molecule has 0 bridgehead atoms. The van der Waals surface area contributed by atoms with Crippen LogP contribution in [0.3, 0.4) is 0 Å². The van der Waals surface area contributed by atoms with Crippen molar-refractivity contribution in [3.8, 4) is 0 Å². The Bertz CT molecular complexity index is 931. The van der Waals surface area contributed by atoms with Gasteiger partial charge in [0.1, 0.15) is 0 Å². The number of amides is 1. The first-order valence-electron chi connectivity index (χ1n) is 10.1. The monoisotopic (exact) mass is 434 g/mol. The third-order valence-electron chi connectivity index (χ3n) is 5.45. The van der Waals surface area contributed by atoms with Crippen LogP contribution in [0.5, 0.6) is 0 Å². The molecule has 156 valence electrons. The first-order valence-corrected chi connectivity index (χ1v) is 12.4. The standard InChI is InChI=1S/C21H26N2O4S2/c24-21(22(15-18-7-4-12-27-18)16-19-8-5-13-28-19)17-6-3-9-20(14-17)29(25,26)23-10-1-2-11-23/h3,5-6,8-9,13-14,18H,1-2,4,7,10-12,15-16H2. The van der Waals surface area contributed by atoms with Crippen LogP contribution in [0.15, 0.2) is 46.7 Å². The van der Waals surface area contributed by atoms with Crippen LogP contribution in [-0.4, -0.2) is 55.9 Å². The molecule has 0 aliphatic carbocycles. The van der Waals surface area contributed by atoms with Gasteiger partial charge in [-0.05, 0) is 55.3 Å². The van der Waals surface area contributed by atoms with Gasteiger partial charge in [-0.2, -0.15) is 4.31 Å². The summed E-state index contributed by atoms with van der Waals surface area (Å²) in [5.41, 5.74) is 0.403. The minimum atomic E-state index is -3.55. The highest BCUT2D eigenvalue weighted by Crippen LogP contribution is 2.24. The molecule has 2 aliphatic heterocycles. The Morgan fingerprint density at radius 2 is 2.00 bits per heavy atom. The van der Waals surface area contributed by atoms with Gasteiger partial charge in [-0.25, -0.2) is 8.42 Å². The number of benzene rings is 1. The van der Waals surface area contributed by atoms with Gasteiger partial charge in [0, 0.05) is 36.7 Å². The summed E-state index contributed by atoms with van der Waals surface area (Å²) in [6.07, 6.45) is 3.75. The van der Waals surface area contributed by atoms with Crippen molar-refractivity contribution in [2.75, 3.05) is 26.2 Å². The zero-order valence-corrected chi connectivity index (χ0v) is 18.0. The summed E-state index contributed by atoms with van der Waals surface area (Å²) in [5.74, 6) is -0.160. The largest absolute Gasteiger partial charge is 0.376 e. The van der Waals surface area contributed by atoms with Gasteiger partial charge in [0.05, 0.1) is 17.5 Å². The van der Waals surface area contributed by atoms with Crippen molar-refractivity contribution in [3.05, 3.63) is 52.2 Å². The van der Waals surface area contributed by atoms with Gasteiger partial charge in [-0.3, -0.25) is 4.79 Å². The van der Waals surface area contributed by atoms with E-state index < -0.39 is 10.0 Å². The Kier molecular flexibility index (Phi) is 6.34. The maximum Gasteiger partial charge on any atom is 0.254 e. The first kappa shape index (κ1) is 20.5. The molecule has 0 radical (unpaired) electrons. The van der Waals surface area contributed by atoms with E-state index in [2.05, 4.69) is 0 Å². The van der Waals surface area contributed by atoms with E-state index in [1.54, 1.807) is 34.4 Å². The highest BCUT2D eigenvalue weighted by molar-refractivity contribution is 7.89. The van der Waals surface area contributed by atoms with Crippen molar-refractivity contribution in [1.82, 2.24) is 9.21 Å². The number of hydrogen-bond acceptors (Lipinski definition) is 5. The van der Waals surface area contributed by atoms with Gasteiger partial charge < -0.3 is 9.64 Å². The summed E-state index contributed by atoms with van der Waals surface area (Å²) in [5, 5.41) is 1.99. The Morgan fingerprint density at radius 1 is 1.17 bits per heavy atom.